The van der Waals surface area contributed by atoms with Gasteiger partial charge in [0, 0.05) is 11.6 Å². The molecule has 0 radical (unpaired) electrons. The number of nitrogens with one attached hydrogen (secondary N) is 2. The molecule has 2 N–H and O–H groups in total. The van der Waals surface area contributed by atoms with Gasteiger partial charge in [0.25, 0.3) is 11.8 Å². The van der Waals surface area contributed by atoms with Gasteiger partial charge < -0.3 is 20.2 Å². The van der Waals surface area contributed by atoms with E-state index in [1.54, 1.807) is 24.3 Å². The van der Waals surface area contributed by atoms with E-state index in [2.05, 4.69) is 31.0 Å². The van der Waals surface area contributed by atoms with E-state index in [9.17, 15) is 23.4 Å². The van der Waals surface area contributed by atoms with E-state index in [1.807, 2.05) is 60.7 Å². The first-order valence-corrected chi connectivity index (χ1v) is 16.9. The number of aromatic nitrogens is 3. The van der Waals surface area contributed by atoms with Crippen LogP contribution in [-0.4, -0.2) is 78.5 Å². The maximum absolute atomic E-state index is 14.2. The highest BCUT2D eigenvalue weighted by atomic mass is 32.2. The Labute approximate surface area is 286 Å². The third-order valence-electron chi connectivity index (χ3n) is 7.44. The predicted molar refractivity (Wildman–Crippen MR) is 180 cm³/mol. The van der Waals surface area contributed by atoms with Crippen LogP contribution in [0.2, 0.25) is 0 Å². The quantitative estimate of drug-likeness (QED) is 0.0734. The molecule has 2 aromatic heterocycles. The van der Waals surface area contributed by atoms with Crippen LogP contribution in [0.1, 0.15) is 28.6 Å². The normalized spacial score (nSPS) is 18.9. The van der Waals surface area contributed by atoms with Crippen molar-refractivity contribution in [1.29, 1.82) is 0 Å². The molecule has 3 amide bonds. The SMILES string of the molecule is CO/N=C(/C(=O)NC1C(=O)N2C(C(=O)OC(c3ccccc3)c3ccccc3)=C(/C=C/c3cccnn3)CS(=O)[C@H]12)c1csc(NC=O)n1. The number of esters is 1. The van der Waals surface area contributed by atoms with Gasteiger partial charge in [-0.15, -0.1) is 11.3 Å². The van der Waals surface area contributed by atoms with Crippen LogP contribution < -0.4 is 10.6 Å². The highest BCUT2D eigenvalue weighted by molar-refractivity contribution is 7.86. The van der Waals surface area contributed by atoms with Crippen molar-refractivity contribution in [3.8, 4) is 0 Å². The molecule has 2 aromatic carbocycles. The number of allylic oxidation sites excluding steroid dienone is 1. The molecule has 2 aliphatic heterocycles. The molecule has 14 nitrogen and oxygen atoms in total. The van der Waals surface area contributed by atoms with E-state index in [0.717, 1.165) is 16.2 Å². The fourth-order valence-electron chi connectivity index (χ4n) is 5.26. The molecule has 4 aromatic rings. The number of carbonyl (C=O) groups excluding carboxylic acids is 4. The van der Waals surface area contributed by atoms with Crippen LogP contribution in [-0.2, 0) is 39.6 Å². The molecule has 2 unspecified atom stereocenters. The van der Waals surface area contributed by atoms with Gasteiger partial charge in [-0.2, -0.15) is 10.2 Å². The fraction of sp³-hybridized carbons (Fsp3) is 0.152. The van der Waals surface area contributed by atoms with Crippen LogP contribution in [0.4, 0.5) is 5.13 Å². The lowest BCUT2D eigenvalue weighted by Gasteiger charge is -2.49. The predicted octanol–water partition coefficient (Wildman–Crippen LogP) is 2.57. The first kappa shape index (κ1) is 33.0. The molecule has 1 saturated heterocycles. The van der Waals surface area contributed by atoms with Crippen LogP contribution in [0.5, 0.6) is 0 Å². The van der Waals surface area contributed by atoms with Gasteiger partial charge in [0.2, 0.25) is 6.41 Å². The van der Waals surface area contributed by atoms with Gasteiger partial charge in [-0.05, 0) is 34.9 Å². The number of hydrogen-bond acceptors (Lipinski definition) is 12. The number of hydrogen-bond donors (Lipinski definition) is 2. The largest absolute Gasteiger partial charge is 0.448 e. The van der Waals surface area contributed by atoms with E-state index in [4.69, 9.17) is 9.57 Å². The topological polar surface area (TPSA) is 182 Å². The second-order valence-electron chi connectivity index (χ2n) is 10.5. The Hall–Kier alpha value is -5.87. The average molecular weight is 698 g/mol. The molecule has 49 heavy (non-hydrogen) atoms. The van der Waals surface area contributed by atoms with Gasteiger partial charge in [0.05, 0.1) is 22.2 Å². The number of oxime groups is 1. The summed E-state index contributed by atoms with van der Waals surface area (Å²) in [4.78, 5) is 62.3. The first-order chi connectivity index (χ1) is 23.9. The third-order valence-corrected chi connectivity index (χ3v) is 9.83. The van der Waals surface area contributed by atoms with Gasteiger partial charge in [0.1, 0.15) is 29.9 Å². The zero-order chi connectivity index (χ0) is 34.3. The van der Waals surface area contributed by atoms with Crippen molar-refractivity contribution >= 4 is 63.2 Å². The van der Waals surface area contributed by atoms with Crippen molar-refractivity contribution in [2.24, 2.45) is 5.16 Å². The van der Waals surface area contributed by atoms with Gasteiger partial charge in [-0.1, -0.05) is 71.9 Å². The molecule has 0 spiro atoms. The van der Waals surface area contributed by atoms with E-state index in [0.29, 0.717) is 23.2 Å². The molecule has 16 heteroatoms. The zero-order valence-electron chi connectivity index (χ0n) is 25.7. The van der Waals surface area contributed by atoms with Crippen molar-refractivity contribution in [2.45, 2.75) is 17.5 Å². The van der Waals surface area contributed by atoms with Crippen molar-refractivity contribution in [1.82, 2.24) is 25.4 Å². The Bertz CT molecular complexity index is 1950. The Kier molecular flexibility index (Phi) is 10.1. The van der Waals surface area contributed by atoms with Crippen molar-refractivity contribution in [3.63, 3.8) is 0 Å². The van der Waals surface area contributed by atoms with Crippen LogP contribution in [0, 0.1) is 0 Å². The number of anilines is 1. The number of fused-ring (bicyclic) bond motifs is 1. The smallest absolute Gasteiger partial charge is 0.356 e. The van der Waals surface area contributed by atoms with E-state index in [1.165, 1.54) is 18.7 Å². The minimum atomic E-state index is -1.76. The maximum Gasteiger partial charge on any atom is 0.356 e. The van der Waals surface area contributed by atoms with Crippen LogP contribution in [0.3, 0.4) is 0 Å². The maximum atomic E-state index is 14.2. The Morgan fingerprint density at radius 1 is 1.06 bits per heavy atom. The molecular weight excluding hydrogens is 671 g/mol. The number of thiazole rings is 1. The molecule has 4 heterocycles. The molecule has 0 saturated carbocycles. The number of nitrogens with zero attached hydrogens (tertiary/aromatic N) is 5. The average Bonchev–Trinajstić information content (AvgIpc) is 3.59. The molecule has 3 atom stereocenters. The highest BCUT2D eigenvalue weighted by Gasteiger charge is 2.57. The Morgan fingerprint density at radius 2 is 1.78 bits per heavy atom. The summed E-state index contributed by atoms with van der Waals surface area (Å²) < 4.78 is 19.8. The summed E-state index contributed by atoms with van der Waals surface area (Å²) in [5.41, 5.74) is 1.86. The van der Waals surface area contributed by atoms with Gasteiger partial charge in [-0.25, -0.2) is 9.78 Å². The minimum Gasteiger partial charge on any atom is -0.448 e. The summed E-state index contributed by atoms with van der Waals surface area (Å²) in [6.45, 7) is 0. The van der Waals surface area contributed by atoms with Crippen LogP contribution >= 0.6 is 11.3 Å². The van der Waals surface area contributed by atoms with Gasteiger partial charge in [0.15, 0.2) is 16.9 Å². The van der Waals surface area contributed by atoms with Crippen LogP contribution in [0.25, 0.3) is 6.08 Å². The van der Waals surface area contributed by atoms with E-state index in [-0.39, 0.29) is 33.6 Å². The number of β-lactam (4-membered cyclic amide) rings is 1. The summed E-state index contributed by atoms with van der Waals surface area (Å²) in [5.74, 6) is -2.47. The van der Waals surface area contributed by atoms with Crippen molar-refractivity contribution in [3.05, 3.63) is 124 Å². The van der Waals surface area contributed by atoms with E-state index < -0.39 is 46.1 Å². The lowest BCUT2D eigenvalue weighted by Crippen LogP contribution is -2.74. The number of ether oxygens (including phenoxy) is 1. The summed E-state index contributed by atoms with van der Waals surface area (Å²) in [7, 11) is -0.532. The molecule has 248 valence electrons. The van der Waals surface area contributed by atoms with Gasteiger partial charge >= 0.3 is 5.97 Å². The number of amides is 3. The second-order valence-corrected chi connectivity index (χ2v) is 12.9. The lowest BCUT2D eigenvalue weighted by molar-refractivity contribution is -0.154. The van der Waals surface area contributed by atoms with Crippen LogP contribution in [0.15, 0.2) is 107 Å². The van der Waals surface area contributed by atoms with Crippen molar-refractivity contribution in [2.75, 3.05) is 18.2 Å². The number of carbonyl (C=O) groups is 4. The summed E-state index contributed by atoms with van der Waals surface area (Å²) in [5, 5.41) is 17.2. The van der Waals surface area contributed by atoms with Crippen molar-refractivity contribution < 1.29 is 33.0 Å². The molecule has 0 aliphatic carbocycles. The third kappa shape index (κ3) is 7.05. The number of rotatable bonds is 12. The molecule has 6 rings (SSSR count). The summed E-state index contributed by atoms with van der Waals surface area (Å²) >= 11 is 1.05. The van der Waals surface area contributed by atoms with Gasteiger partial charge in [-0.3, -0.25) is 23.5 Å². The first-order valence-electron chi connectivity index (χ1n) is 14.7. The second kappa shape index (κ2) is 14.9. The van der Waals surface area contributed by atoms with E-state index >= 15 is 0 Å². The highest BCUT2D eigenvalue weighted by Crippen LogP contribution is 2.38. The standard InChI is InChI=1S/C33H27N7O7S2/c1-46-39-25(24-17-48-33(36-24)34-19-41)29(42)37-26-30(43)40-27(22(18-49(45)31(26)40)14-15-23-13-8-16-35-38-23)32(44)47-28(20-9-4-2-5-10-20)21-11-6-3-7-12-21/h2-17,19,26,28,31H,18H2,1H3,(H,37,42)(H,34,36,41)/b15-14+,39-25+/t26?,31-,49?/m1/s1. The fourth-order valence-corrected chi connectivity index (χ4v) is 7.56. The summed E-state index contributed by atoms with van der Waals surface area (Å²) in [6, 6.07) is 20.4. The lowest BCUT2D eigenvalue weighted by atomic mass is 10.00. The molecular formula is C33H27N7O7S2. The molecule has 1 fully saturated rings. The zero-order valence-corrected chi connectivity index (χ0v) is 27.3. The monoisotopic (exact) mass is 697 g/mol. The Morgan fingerprint density at radius 3 is 2.41 bits per heavy atom. The molecule has 0 bridgehead atoms. The molecule has 2 aliphatic rings. The minimum absolute atomic E-state index is 0.0792. The summed E-state index contributed by atoms with van der Waals surface area (Å²) in [6.07, 6.45) is 4.28. The number of benzene rings is 2. The Balaban J connectivity index is 1.32.